The van der Waals surface area contributed by atoms with Crippen LogP contribution in [0.3, 0.4) is 0 Å². The molecule has 274 valence electrons. The van der Waals surface area contributed by atoms with Crippen LogP contribution in [-0.2, 0) is 11.0 Å². The molecule has 3 unspecified atom stereocenters. The Kier molecular flexibility index (Phi) is 11.5. The molecule has 4 aromatic rings. The first-order valence-electron chi connectivity index (χ1n) is 16.7. The van der Waals surface area contributed by atoms with Crippen LogP contribution in [0.15, 0.2) is 18.2 Å². The van der Waals surface area contributed by atoms with E-state index in [0.717, 1.165) is 31.6 Å². The average molecular weight is 736 g/mol. The fraction of sp³-hybridized carbons (Fsp3) is 0.486. The minimum absolute atomic E-state index is 0.0791. The molecule has 1 amide bonds. The van der Waals surface area contributed by atoms with Crippen molar-refractivity contribution < 1.29 is 35.9 Å². The van der Waals surface area contributed by atoms with Gasteiger partial charge in [-0.15, -0.1) is 11.3 Å². The zero-order chi connectivity index (χ0) is 37.2. The average Bonchev–Trinajstić information content (AvgIpc) is 3.88. The number of fused-ring (bicyclic) bond motifs is 3. The predicted octanol–water partition coefficient (Wildman–Crippen LogP) is 7.91. The summed E-state index contributed by atoms with van der Waals surface area (Å²) in [5.41, 5.74) is 2.55. The van der Waals surface area contributed by atoms with E-state index in [2.05, 4.69) is 27.1 Å². The number of halogens is 6. The van der Waals surface area contributed by atoms with Crippen LogP contribution < -0.4 is 15.8 Å². The van der Waals surface area contributed by atoms with Crippen LogP contribution in [0.1, 0.15) is 63.5 Å². The number of benzene rings is 2. The van der Waals surface area contributed by atoms with E-state index in [4.69, 9.17) is 10.5 Å². The number of carbonyl (C=O) groups excluding carboxylic acids is 1. The van der Waals surface area contributed by atoms with Gasteiger partial charge in [-0.2, -0.15) is 28.4 Å². The van der Waals surface area contributed by atoms with Gasteiger partial charge >= 0.3 is 12.2 Å². The molecule has 0 radical (unpaired) electrons. The summed E-state index contributed by atoms with van der Waals surface area (Å²) in [5, 5.41) is 11.5. The number of hydrogen-bond donors (Lipinski definition) is 2. The minimum atomic E-state index is -5.00. The van der Waals surface area contributed by atoms with Gasteiger partial charge in [0.2, 0.25) is 5.91 Å². The topological polar surface area (TPSA) is 120 Å². The lowest BCUT2D eigenvalue weighted by atomic mass is 9.92. The van der Waals surface area contributed by atoms with Gasteiger partial charge in [0.1, 0.15) is 34.4 Å². The van der Waals surface area contributed by atoms with Crippen molar-refractivity contribution in [2.75, 3.05) is 44.8 Å². The van der Waals surface area contributed by atoms with Crippen molar-refractivity contribution in [2.24, 2.45) is 0 Å². The maximum Gasteiger partial charge on any atom is 0.417 e. The predicted molar refractivity (Wildman–Crippen MR) is 185 cm³/mol. The number of methoxy groups -OCH3 is 1. The van der Waals surface area contributed by atoms with Crippen LogP contribution in [0, 0.1) is 23.0 Å². The zero-order valence-corrected chi connectivity index (χ0v) is 29.5. The molecular weight excluding hydrogens is 696 g/mol. The van der Waals surface area contributed by atoms with E-state index >= 15 is 4.39 Å². The number of alkyl halides is 4. The summed E-state index contributed by atoms with van der Waals surface area (Å²) in [6, 6.07) is 5.19. The van der Waals surface area contributed by atoms with E-state index in [1.165, 1.54) is 39.8 Å². The third kappa shape index (κ3) is 7.64. The molecule has 51 heavy (non-hydrogen) atoms. The van der Waals surface area contributed by atoms with Gasteiger partial charge in [-0.1, -0.05) is 13.0 Å². The third-order valence-corrected chi connectivity index (χ3v) is 10.5. The highest BCUT2D eigenvalue weighted by Gasteiger charge is 2.38. The molecule has 3 fully saturated rings. The Morgan fingerprint density at radius 2 is 1.92 bits per heavy atom. The quantitative estimate of drug-likeness (QED) is 0.203. The Balaban J connectivity index is 0.000000213. The highest BCUT2D eigenvalue weighted by molar-refractivity contribution is 7.23. The maximum absolute atomic E-state index is 15.8. The summed E-state index contributed by atoms with van der Waals surface area (Å²) in [7, 11) is 2.62. The normalized spacial score (nSPS) is 20.0. The molecule has 2 aromatic carbocycles. The first-order chi connectivity index (χ1) is 24.2. The Hall–Kier alpha value is -4.36. The summed E-state index contributed by atoms with van der Waals surface area (Å²) in [4.78, 5) is 23.2. The first kappa shape index (κ1) is 37.9. The van der Waals surface area contributed by atoms with Crippen LogP contribution >= 0.6 is 11.3 Å². The summed E-state index contributed by atoms with van der Waals surface area (Å²) < 4.78 is 89.8. The number of thiophene rings is 1. The van der Waals surface area contributed by atoms with Crippen molar-refractivity contribution in [1.29, 1.82) is 5.26 Å². The number of carbonyl (C=O) groups is 1. The summed E-state index contributed by atoms with van der Waals surface area (Å²) in [5.74, 6) is -1.89. The van der Waals surface area contributed by atoms with Gasteiger partial charge in [-0.25, -0.2) is 13.2 Å². The second-order valence-electron chi connectivity index (χ2n) is 12.6. The third-order valence-electron chi connectivity index (χ3n) is 9.47. The van der Waals surface area contributed by atoms with Gasteiger partial charge in [0.15, 0.2) is 5.82 Å². The van der Waals surface area contributed by atoms with Crippen molar-refractivity contribution >= 4 is 49.1 Å². The van der Waals surface area contributed by atoms with Crippen molar-refractivity contribution in [2.45, 2.75) is 76.8 Å². The van der Waals surface area contributed by atoms with Crippen molar-refractivity contribution in [3.05, 3.63) is 41.0 Å². The van der Waals surface area contributed by atoms with Crippen LogP contribution in [0.2, 0.25) is 0 Å². The smallest absolute Gasteiger partial charge is 0.417 e. The fourth-order valence-corrected chi connectivity index (χ4v) is 7.97. The van der Waals surface area contributed by atoms with Crippen LogP contribution in [-0.4, -0.2) is 77.7 Å². The van der Waals surface area contributed by atoms with Gasteiger partial charge < -0.3 is 20.7 Å². The second kappa shape index (κ2) is 15.5. The molecule has 3 atom stereocenters. The number of aromatic nitrogens is 2. The highest BCUT2D eigenvalue weighted by atomic mass is 32.1. The SMILES string of the molecule is CCC(=O)N1CCCC1C.CNc1nc(OC)nc2c(F)c(-c3ccc(F)c4sc(N)c(C#N)c34)c(C(F)(F)F)cc12.FC1CC2CCCN2C1. The number of nitrogens with two attached hydrogens (primary N) is 1. The van der Waals surface area contributed by atoms with Gasteiger partial charge in [-0.3, -0.25) is 9.69 Å². The maximum atomic E-state index is 15.8. The molecule has 3 aliphatic heterocycles. The number of hydrogen-bond acceptors (Lipinski definition) is 9. The molecule has 16 heteroatoms. The molecule has 3 aliphatic rings. The van der Waals surface area contributed by atoms with Crippen LogP contribution in [0.25, 0.3) is 32.1 Å². The fourth-order valence-electron chi connectivity index (χ4n) is 7.02. The molecule has 3 N–H and O–H groups in total. The number of nitrogens with one attached hydrogen (secondary N) is 1. The molecule has 2 aromatic heterocycles. The monoisotopic (exact) mass is 735 g/mol. The number of ether oxygens (including phenoxy) is 1. The largest absolute Gasteiger partial charge is 0.467 e. The standard InChI is InChI=1S/C20H12F5N5OS.C8H15NO.C7H12FN/c1-28-18-8-5-10(20(23,24)25)13(14(22)15(8)29-19(30-18)31-2)7-3-4-11(21)16-12(7)9(6-26)17(27)32-16;1-3-8(10)9-6-4-5-7(9)2;8-6-4-7-2-1-3-9(7)5-6/h3-5H,27H2,1-2H3,(H,28,29,30);7H,3-6H2,1-2H3;6-7H,1-5H2. The molecule has 0 bridgehead atoms. The lowest BCUT2D eigenvalue weighted by Crippen LogP contribution is -2.32. The molecular formula is C35H39F6N7O2S. The molecule has 0 aliphatic carbocycles. The molecule has 3 saturated heterocycles. The lowest BCUT2D eigenvalue weighted by Gasteiger charge is -2.20. The number of nitrogen functional groups attached to an aromatic ring is 1. The zero-order valence-electron chi connectivity index (χ0n) is 28.6. The van der Waals surface area contributed by atoms with E-state index in [9.17, 15) is 32.0 Å². The number of nitriles is 1. The highest BCUT2D eigenvalue weighted by Crippen LogP contribution is 2.47. The van der Waals surface area contributed by atoms with Gasteiger partial charge in [0.05, 0.1) is 22.9 Å². The summed E-state index contributed by atoms with van der Waals surface area (Å²) >= 11 is 0.695. The Morgan fingerprint density at radius 1 is 1.20 bits per heavy atom. The van der Waals surface area contributed by atoms with Crippen molar-refractivity contribution in [1.82, 2.24) is 19.8 Å². The lowest BCUT2D eigenvalue weighted by molar-refractivity contribution is -0.137. The molecule has 0 spiro atoms. The number of nitrogens with zero attached hydrogens (tertiary/aromatic N) is 5. The molecule has 0 saturated carbocycles. The number of rotatable bonds is 4. The van der Waals surface area contributed by atoms with Crippen LogP contribution in [0.4, 0.5) is 37.2 Å². The van der Waals surface area contributed by atoms with Crippen molar-refractivity contribution in [3.8, 4) is 23.2 Å². The Morgan fingerprint density at radius 3 is 2.51 bits per heavy atom. The van der Waals surface area contributed by atoms with E-state index in [1.807, 2.05) is 11.8 Å². The molecule has 5 heterocycles. The summed E-state index contributed by atoms with van der Waals surface area (Å²) in [6.07, 6.45) is 0.848. The first-order valence-corrected chi connectivity index (χ1v) is 17.5. The molecule has 7 rings (SSSR count). The number of amides is 1. The minimum Gasteiger partial charge on any atom is -0.467 e. The molecule has 9 nitrogen and oxygen atoms in total. The van der Waals surface area contributed by atoms with E-state index in [0.29, 0.717) is 48.4 Å². The van der Waals surface area contributed by atoms with E-state index < -0.39 is 40.6 Å². The van der Waals surface area contributed by atoms with Gasteiger partial charge in [0, 0.05) is 55.0 Å². The van der Waals surface area contributed by atoms with Gasteiger partial charge in [-0.05, 0) is 63.3 Å². The van der Waals surface area contributed by atoms with E-state index in [-0.39, 0.29) is 43.4 Å². The summed E-state index contributed by atoms with van der Waals surface area (Å²) in [6.45, 7) is 6.89. The van der Waals surface area contributed by atoms with Gasteiger partial charge in [0.25, 0.3) is 0 Å². The van der Waals surface area contributed by atoms with Crippen molar-refractivity contribution in [3.63, 3.8) is 0 Å². The Bertz CT molecular complexity index is 1950. The number of anilines is 2. The number of likely N-dealkylation sites (tertiary alicyclic amines) is 1. The van der Waals surface area contributed by atoms with Crippen LogP contribution in [0.5, 0.6) is 6.01 Å². The van der Waals surface area contributed by atoms with E-state index in [1.54, 1.807) is 6.07 Å². The Labute approximate surface area is 295 Å². The second-order valence-corrected chi connectivity index (χ2v) is 13.7.